The normalized spacial score (nSPS) is 32.1. The molecule has 0 radical (unpaired) electrons. The van der Waals surface area contributed by atoms with Crippen molar-refractivity contribution in [1.29, 1.82) is 0 Å². The molecule has 1 saturated carbocycles. The summed E-state index contributed by atoms with van der Waals surface area (Å²) in [5.74, 6) is -0.862. The Morgan fingerprint density at radius 2 is 2.00 bits per heavy atom. The minimum Gasteiger partial charge on any atom is -0.481 e. The lowest BCUT2D eigenvalue weighted by Crippen LogP contribution is -2.30. The van der Waals surface area contributed by atoms with Crippen molar-refractivity contribution in [2.75, 3.05) is 0 Å². The van der Waals surface area contributed by atoms with Gasteiger partial charge in [-0.05, 0) is 12.8 Å². The van der Waals surface area contributed by atoms with E-state index >= 15 is 0 Å². The first-order valence-electron chi connectivity index (χ1n) is 2.57. The zero-order valence-corrected chi connectivity index (χ0v) is 6.28. The molecule has 0 spiro atoms. The third-order valence-electron chi connectivity index (χ3n) is 1.43. The Morgan fingerprint density at radius 1 is 1.56 bits per heavy atom. The van der Waals surface area contributed by atoms with Crippen LogP contribution in [0.4, 0.5) is 0 Å². The van der Waals surface area contributed by atoms with Crippen LogP contribution >= 0.6 is 24.0 Å². The van der Waals surface area contributed by atoms with E-state index in [1.165, 1.54) is 0 Å². The number of hydrogen-bond acceptors (Lipinski definition) is 1. The second-order valence-corrected chi connectivity index (χ2v) is 2.72. The second-order valence-electron chi connectivity index (χ2n) is 2.10. The van der Waals surface area contributed by atoms with E-state index in [2.05, 4.69) is 0 Å². The molecule has 1 fully saturated rings. The van der Waals surface area contributed by atoms with Crippen LogP contribution in [-0.4, -0.2) is 16.5 Å². The zero-order chi connectivity index (χ0) is 6.15. The Kier molecular flexibility index (Phi) is 3.30. The molecule has 0 amide bonds. The van der Waals surface area contributed by atoms with Crippen molar-refractivity contribution in [3.05, 3.63) is 0 Å². The fourth-order valence-electron chi connectivity index (χ4n) is 0.750. The molecular formula is C5H8Cl2O2. The molecule has 0 aromatic carbocycles. The second kappa shape index (κ2) is 3.28. The number of halogens is 2. The minimum atomic E-state index is -0.707. The highest BCUT2D eigenvalue weighted by atomic mass is 35.5. The topological polar surface area (TPSA) is 37.3 Å². The molecule has 4 heteroatoms. The molecule has 1 N–H and O–H groups in total. The van der Waals surface area contributed by atoms with Crippen LogP contribution < -0.4 is 0 Å². The minimum absolute atomic E-state index is 0. The van der Waals surface area contributed by atoms with Crippen LogP contribution in [0.3, 0.4) is 0 Å². The van der Waals surface area contributed by atoms with Crippen LogP contribution in [0.25, 0.3) is 0 Å². The number of carbonyl (C=O) groups is 1. The Bertz CT molecular complexity index is 110. The monoisotopic (exact) mass is 170 g/mol. The van der Waals surface area contributed by atoms with Gasteiger partial charge in [-0.25, -0.2) is 0 Å². The van der Waals surface area contributed by atoms with Gasteiger partial charge in [0.05, 0.1) is 5.92 Å². The van der Waals surface area contributed by atoms with Gasteiger partial charge in [0, 0.05) is 5.38 Å². The summed E-state index contributed by atoms with van der Waals surface area (Å²) < 4.78 is 0. The summed E-state index contributed by atoms with van der Waals surface area (Å²) in [4.78, 5) is 10.1. The maximum Gasteiger partial charge on any atom is 0.306 e. The SMILES string of the molecule is Cl.O=C(O)C1CC(Cl)C1. The molecule has 0 atom stereocenters. The molecule has 9 heavy (non-hydrogen) atoms. The summed E-state index contributed by atoms with van der Waals surface area (Å²) >= 11 is 5.52. The van der Waals surface area contributed by atoms with E-state index in [1.54, 1.807) is 0 Å². The summed E-state index contributed by atoms with van der Waals surface area (Å²) in [6.45, 7) is 0. The fourth-order valence-corrected chi connectivity index (χ4v) is 1.18. The van der Waals surface area contributed by atoms with Gasteiger partial charge in [-0.15, -0.1) is 24.0 Å². The van der Waals surface area contributed by atoms with Crippen LogP contribution in [-0.2, 0) is 4.79 Å². The highest BCUT2D eigenvalue weighted by Crippen LogP contribution is 2.31. The zero-order valence-electron chi connectivity index (χ0n) is 4.71. The van der Waals surface area contributed by atoms with Gasteiger partial charge in [-0.2, -0.15) is 0 Å². The number of hydrogen-bond donors (Lipinski definition) is 1. The van der Waals surface area contributed by atoms with Crippen LogP contribution in [0.15, 0.2) is 0 Å². The van der Waals surface area contributed by atoms with Crippen molar-refractivity contribution >= 4 is 30.0 Å². The van der Waals surface area contributed by atoms with Gasteiger partial charge in [0.1, 0.15) is 0 Å². The average Bonchev–Trinajstić information content (AvgIpc) is 1.57. The predicted molar refractivity (Wildman–Crippen MR) is 37.2 cm³/mol. The van der Waals surface area contributed by atoms with E-state index in [0.717, 1.165) is 0 Å². The van der Waals surface area contributed by atoms with Crippen LogP contribution in [0.5, 0.6) is 0 Å². The van der Waals surface area contributed by atoms with Gasteiger partial charge in [0.25, 0.3) is 0 Å². The molecule has 2 nitrogen and oxygen atoms in total. The highest BCUT2D eigenvalue weighted by Gasteiger charge is 2.32. The van der Waals surface area contributed by atoms with Crippen molar-refractivity contribution in [1.82, 2.24) is 0 Å². The van der Waals surface area contributed by atoms with Crippen molar-refractivity contribution < 1.29 is 9.90 Å². The first-order valence-corrected chi connectivity index (χ1v) is 3.00. The van der Waals surface area contributed by atoms with E-state index in [1.807, 2.05) is 0 Å². The van der Waals surface area contributed by atoms with Crippen LogP contribution in [0.1, 0.15) is 12.8 Å². The third-order valence-corrected chi connectivity index (χ3v) is 1.79. The first-order chi connectivity index (χ1) is 3.70. The van der Waals surface area contributed by atoms with E-state index in [0.29, 0.717) is 12.8 Å². The van der Waals surface area contributed by atoms with E-state index in [4.69, 9.17) is 16.7 Å². The van der Waals surface area contributed by atoms with Gasteiger partial charge in [0.15, 0.2) is 0 Å². The fraction of sp³-hybridized carbons (Fsp3) is 0.800. The highest BCUT2D eigenvalue weighted by molar-refractivity contribution is 6.21. The maximum absolute atomic E-state index is 10.1. The van der Waals surface area contributed by atoms with Crippen molar-refractivity contribution in [3.8, 4) is 0 Å². The van der Waals surface area contributed by atoms with Gasteiger partial charge in [0.2, 0.25) is 0 Å². The lowest BCUT2D eigenvalue weighted by Gasteiger charge is -2.26. The van der Waals surface area contributed by atoms with Gasteiger partial charge in [-0.1, -0.05) is 0 Å². The number of aliphatic carboxylic acids is 1. The molecular weight excluding hydrogens is 163 g/mol. The lowest BCUT2D eigenvalue weighted by molar-refractivity contribution is -0.144. The number of carboxylic acids is 1. The largest absolute Gasteiger partial charge is 0.481 e. The standard InChI is InChI=1S/C5H7ClO2.ClH/c6-4-1-3(2-4)5(7)8;/h3-4H,1-2H2,(H,7,8);1H. The smallest absolute Gasteiger partial charge is 0.306 e. The number of alkyl halides is 1. The number of rotatable bonds is 1. The van der Waals surface area contributed by atoms with Gasteiger partial charge >= 0.3 is 5.97 Å². The Morgan fingerprint density at radius 3 is 2.11 bits per heavy atom. The summed E-state index contributed by atoms with van der Waals surface area (Å²) in [5.41, 5.74) is 0. The quantitative estimate of drug-likeness (QED) is 0.607. The summed E-state index contributed by atoms with van der Waals surface area (Å²) in [6.07, 6.45) is 1.30. The van der Waals surface area contributed by atoms with Crippen molar-refractivity contribution in [2.45, 2.75) is 18.2 Å². The van der Waals surface area contributed by atoms with Crippen molar-refractivity contribution in [2.24, 2.45) is 5.92 Å². The molecule has 0 aromatic rings. The summed E-state index contributed by atoms with van der Waals surface area (Å²) in [5, 5.41) is 8.41. The average molecular weight is 171 g/mol. The Hall–Kier alpha value is 0.0500. The predicted octanol–water partition coefficient (Wildman–Crippen LogP) is 1.51. The van der Waals surface area contributed by atoms with E-state index in [-0.39, 0.29) is 23.7 Å². The summed E-state index contributed by atoms with van der Waals surface area (Å²) in [7, 11) is 0. The molecule has 0 aromatic heterocycles. The van der Waals surface area contributed by atoms with E-state index < -0.39 is 5.97 Å². The van der Waals surface area contributed by atoms with Gasteiger partial charge < -0.3 is 5.11 Å². The molecule has 1 rings (SSSR count). The lowest BCUT2D eigenvalue weighted by atomic mass is 9.85. The first kappa shape index (κ1) is 9.05. The molecule has 0 heterocycles. The molecule has 0 unspecified atom stereocenters. The molecule has 0 aliphatic heterocycles. The molecule has 0 bridgehead atoms. The third kappa shape index (κ3) is 2.03. The van der Waals surface area contributed by atoms with E-state index in [9.17, 15) is 4.79 Å². The van der Waals surface area contributed by atoms with Crippen molar-refractivity contribution in [3.63, 3.8) is 0 Å². The summed E-state index contributed by atoms with van der Waals surface area (Å²) in [6, 6.07) is 0. The Balaban J connectivity index is 0.000000640. The Labute approximate surface area is 64.6 Å². The maximum atomic E-state index is 10.1. The molecule has 54 valence electrons. The van der Waals surface area contributed by atoms with Crippen LogP contribution in [0, 0.1) is 5.92 Å². The molecule has 0 saturated heterocycles. The molecule has 1 aliphatic rings. The number of carboxylic acid groups (broad SMARTS) is 1. The van der Waals surface area contributed by atoms with Gasteiger partial charge in [-0.3, -0.25) is 4.79 Å². The van der Waals surface area contributed by atoms with Crippen LogP contribution in [0.2, 0.25) is 0 Å². The molecule has 1 aliphatic carbocycles.